The molecule has 7 nitrogen and oxygen atoms in total. The molecule has 2 aromatic heterocycles. The number of nitrogens with one attached hydrogen (secondary N) is 2. The maximum Gasteiger partial charge on any atom is 0.213 e. The Balaban J connectivity index is 1.48. The van der Waals surface area contributed by atoms with Crippen LogP contribution in [0.1, 0.15) is 29.3 Å². The standard InChI is InChI=1S/C21H31N5O2S/c1-22-21(24-15-17-7-8-20(23-14-17)28-12-11-27-2)25-16-18(19-6-5-13-29-19)26-9-3-4-10-26/h5-8,13-14,18H,3-4,9-12,15-16H2,1-2H3,(H2,22,24,25). The van der Waals surface area contributed by atoms with Crippen molar-refractivity contribution in [3.63, 3.8) is 0 Å². The molecule has 1 fully saturated rings. The van der Waals surface area contributed by atoms with Gasteiger partial charge in [0.25, 0.3) is 0 Å². The summed E-state index contributed by atoms with van der Waals surface area (Å²) in [6.07, 6.45) is 4.39. The number of thiophene rings is 1. The van der Waals surface area contributed by atoms with E-state index in [1.807, 2.05) is 29.7 Å². The SMILES string of the molecule is CN=C(NCc1ccc(OCCOC)nc1)NCC(c1cccs1)N1CCCC1. The number of guanidine groups is 1. The topological polar surface area (TPSA) is 71.0 Å². The predicted molar refractivity (Wildman–Crippen MR) is 118 cm³/mol. The third-order valence-electron chi connectivity index (χ3n) is 4.93. The fourth-order valence-electron chi connectivity index (χ4n) is 3.37. The summed E-state index contributed by atoms with van der Waals surface area (Å²) in [5, 5.41) is 9.02. The molecule has 8 heteroatoms. The van der Waals surface area contributed by atoms with Gasteiger partial charge in [0.1, 0.15) is 6.61 Å². The summed E-state index contributed by atoms with van der Waals surface area (Å²) in [5.41, 5.74) is 1.07. The highest BCUT2D eigenvalue weighted by Gasteiger charge is 2.24. The van der Waals surface area contributed by atoms with Crippen molar-refractivity contribution in [1.29, 1.82) is 0 Å². The number of likely N-dealkylation sites (tertiary alicyclic amines) is 1. The number of aliphatic imine (C=N–C) groups is 1. The van der Waals surface area contributed by atoms with E-state index in [1.165, 1.54) is 30.8 Å². The van der Waals surface area contributed by atoms with Crippen LogP contribution < -0.4 is 15.4 Å². The van der Waals surface area contributed by atoms with Crippen molar-refractivity contribution in [2.75, 3.05) is 47.0 Å². The van der Waals surface area contributed by atoms with Crippen LogP contribution in [0.25, 0.3) is 0 Å². The molecule has 2 N–H and O–H groups in total. The van der Waals surface area contributed by atoms with Crippen molar-refractivity contribution in [2.24, 2.45) is 4.99 Å². The Bertz CT molecular complexity index is 730. The maximum absolute atomic E-state index is 5.50. The fourth-order valence-corrected chi connectivity index (χ4v) is 4.23. The lowest BCUT2D eigenvalue weighted by molar-refractivity contribution is 0.143. The highest BCUT2D eigenvalue weighted by atomic mass is 32.1. The lowest BCUT2D eigenvalue weighted by Crippen LogP contribution is -2.42. The molecule has 158 valence electrons. The summed E-state index contributed by atoms with van der Waals surface area (Å²) in [6.45, 7) is 4.88. The minimum absolute atomic E-state index is 0.390. The molecule has 3 heterocycles. The molecule has 0 radical (unpaired) electrons. The largest absolute Gasteiger partial charge is 0.475 e. The first kappa shape index (κ1) is 21.5. The van der Waals surface area contributed by atoms with Crippen molar-refractivity contribution in [3.05, 3.63) is 46.3 Å². The van der Waals surface area contributed by atoms with Gasteiger partial charge in [-0.2, -0.15) is 0 Å². The lowest BCUT2D eigenvalue weighted by atomic mass is 10.2. The minimum atomic E-state index is 0.390. The van der Waals surface area contributed by atoms with Crippen LogP contribution in [0.15, 0.2) is 40.8 Å². The molecule has 0 saturated carbocycles. The van der Waals surface area contributed by atoms with Gasteiger partial charge < -0.3 is 20.1 Å². The Hall–Kier alpha value is -2.16. The number of aromatic nitrogens is 1. The third kappa shape index (κ3) is 6.69. The maximum atomic E-state index is 5.50. The molecule has 0 amide bonds. The molecule has 0 aliphatic carbocycles. The molecular weight excluding hydrogens is 386 g/mol. The van der Waals surface area contributed by atoms with Crippen molar-refractivity contribution in [2.45, 2.75) is 25.4 Å². The Kier molecular flexibility index (Phi) is 8.73. The molecule has 0 spiro atoms. The Morgan fingerprint density at radius 1 is 1.24 bits per heavy atom. The van der Waals surface area contributed by atoms with Crippen LogP contribution in [-0.4, -0.2) is 62.8 Å². The second-order valence-corrected chi connectivity index (χ2v) is 7.91. The summed E-state index contributed by atoms with van der Waals surface area (Å²) in [4.78, 5) is 12.7. The van der Waals surface area contributed by atoms with Crippen molar-refractivity contribution < 1.29 is 9.47 Å². The Morgan fingerprint density at radius 3 is 2.76 bits per heavy atom. The Morgan fingerprint density at radius 2 is 2.10 bits per heavy atom. The van der Waals surface area contributed by atoms with Gasteiger partial charge in [-0.05, 0) is 42.9 Å². The van der Waals surface area contributed by atoms with E-state index in [4.69, 9.17) is 9.47 Å². The van der Waals surface area contributed by atoms with E-state index in [0.717, 1.165) is 18.1 Å². The number of methoxy groups -OCH3 is 1. The zero-order valence-electron chi connectivity index (χ0n) is 17.3. The number of pyridine rings is 1. The molecule has 3 rings (SSSR count). The van der Waals surface area contributed by atoms with E-state index in [1.54, 1.807) is 14.2 Å². The summed E-state index contributed by atoms with van der Waals surface area (Å²) < 4.78 is 10.5. The van der Waals surface area contributed by atoms with E-state index in [-0.39, 0.29) is 0 Å². The van der Waals surface area contributed by atoms with Crippen LogP contribution in [0.2, 0.25) is 0 Å². The monoisotopic (exact) mass is 417 g/mol. The van der Waals surface area contributed by atoms with Crippen molar-refractivity contribution in [3.8, 4) is 5.88 Å². The average Bonchev–Trinajstić information content (AvgIpc) is 3.46. The molecule has 0 bridgehead atoms. The molecule has 1 atom stereocenters. The van der Waals surface area contributed by atoms with Crippen molar-refractivity contribution in [1.82, 2.24) is 20.5 Å². The van der Waals surface area contributed by atoms with Gasteiger partial charge in [0.05, 0.1) is 12.6 Å². The summed E-state index contributed by atoms with van der Waals surface area (Å²) >= 11 is 1.83. The van der Waals surface area contributed by atoms with Gasteiger partial charge in [0.15, 0.2) is 5.96 Å². The van der Waals surface area contributed by atoms with E-state index in [2.05, 4.69) is 43.0 Å². The van der Waals surface area contributed by atoms with E-state index in [9.17, 15) is 0 Å². The highest BCUT2D eigenvalue weighted by molar-refractivity contribution is 7.10. The number of ether oxygens (including phenoxy) is 2. The number of rotatable bonds is 10. The molecule has 1 saturated heterocycles. The van der Waals surface area contributed by atoms with Gasteiger partial charge >= 0.3 is 0 Å². The second-order valence-electron chi connectivity index (χ2n) is 6.93. The molecule has 1 unspecified atom stereocenters. The summed E-state index contributed by atoms with van der Waals surface area (Å²) in [7, 11) is 3.45. The van der Waals surface area contributed by atoms with Gasteiger partial charge in [-0.25, -0.2) is 4.98 Å². The van der Waals surface area contributed by atoms with Crippen LogP contribution in [0.5, 0.6) is 5.88 Å². The smallest absolute Gasteiger partial charge is 0.213 e. The van der Waals surface area contributed by atoms with Crippen LogP contribution in [0.4, 0.5) is 0 Å². The minimum Gasteiger partial charge on any atom is -0.475 e. The first-order valence-electron chi connectivity index (χ1n) is 10.1. The third-order valence-corrected chi connectivity index (χ3v) is 5.91. The Labute approximate surface area is 177 Å². The molecule has 1 aliphatic heterocycles. The number of hydrogen-bond donors (Lipinski definition) is 2. The van der Waals surface area contributed by atoms with Gasteiger partial charge in [0.2, 0.25) is 5.88 Å². The molecule has 2 aromatic rings. The predicted octanol–water partition coefficient (Wildman–Crippen LogP) is 2.67. The second kappa shape index (κ2) is 11.7. The lowest BCUT2D eigenvalue weighted by Gasteiger charge is -2.27. The van der Waals surface area contributed by atoms with E-state index >= 15 is 0 Å². The summed E-state index contributed by atoms with van der Waals surface area (Å²) in [5.74, 6) is 1.41. The van der Waals surface area contributed by atoms with Gasteiger partial charge in [-0.15, -0.1) is 11.3 Å². The van der Waals surface area contributed by atoms with Gasteiger partial charge in [-0.3, -0.25) is 9.89 Å². The first-order chi connectivity index (χ1) is 14.3. The number of nitrogens with zero attached hydrogens (tertiary/aromatic N) is 3. The van der Waals surface area contributed by atoms with Crippen LogP contribution in [-0.2, 0) is 11.3 Å². The average molecular weight is 418 g/mol. The zero-order chi connectivity index (χ0) is 20.3. The van der Waals surface area contributed by atoms with Crippen LogP contribution in [0.3, 0.4) is 0 Å². The van der Waals surface area contributed by atoms with Gasteiger partial charge in [0, 0.05) is 44.4 Å². The molecular formula is C21H31N5O2S. The van der Waals surface area contributed by atoms with E-state index < -0.39 is 0 Å². The molecule has 0 aromatic carbocycles. The van der Waals surface area contributed by atoms with Gasteiger partial charge in [-0.1, -0.05) is 12.1 Å². The number of hydrogen-bond acceptors (Lipinski definition) is 6. The van der Waals surface area contributed by atoms with E-state index in [0.29, 0.717) is 31.7 Å². The van der Waals surface area contributed by atoms with Crippen LogP contribution in [0, 0.1) is 0 Å². The summed E-state index contributed by atoms with van der Waals surface area (Å²) in [6, 6.07) is 8.64. The normalized spacial score (nSPS) is 16.0. The highest BCUT2D eigenvalue weighted by Crippen LogP contribution is 2.27. The quantitative estimate of drug-likeness (QED) is 0.352. The van der Waals surface area contributed by atoms with Crippen LogP contribution >= 0.6 is 11.3 Å². The molecule has 1 aliphatic rings. The fraction of sp³-hybridized carbons (Fsp3) is 0.524. The first-order valence-corrected chi connectivity index (χ1v) is 11.0. The zero-order valence-corrected chi connectivity index (χ0v) is 18.1. The van der Waals surface area contributed by atoms with Crippen molar-refractivity contribution >= 4 is 17.3 Å². The molecule has 29 heavy (non-hydrogen) atoms.